The third kappa shape index (κ3) is 7.72. The topological polar surface area (TPSA) is 86.8 Å². The SMILES string of the molecule is Cc1ccc(CN(C(=O)CN(c2ccc(C)cc2C)S(=O)(=O)c2ccc(C)cc2)C(C)C(=O)NCC(C)C)cc1. The molecular weight excluding hydrogens is 522 g/mol. The molecule has 3 rings (SSSR count). The van der Waals surface area contributed by atoms with E-state index in [2.05, 4.69) is 5.32 Å². The smallest absolute Gasteiger partial charge is 0.264 e. The predicted molar refractivity (Wildman–Crippen MR) is 161 cm³/mol. The van der Waals surface area contributed by atoms with Crippen LogP contribution in [0.4, 0.5) is 5.69 Å². The molecule has 1 atom stereocenters. The molecule has 0 aliphatic heterocycles. The van der Waals surface area contributed by atoms with Gasteiger partial charge in [-0.1, -0.05) is 79.1 Å². The monoisotopic (exact) mass is 563 g/mol. The summed E-state index contributed by atoms with van der Waals surface area (Å²) in [6.45, 7) is 13.5. The van der Waals surface area contributed by atoms with Crippen molar-refractivity contribution in [1.29, 1.82) is 0 Å². The number of anilines is 1. The fraction of sp³-hybridized carbons (Fsp3) is 0.375. The average Bonchev–Trinajstić information content (AvgIpc) is 2.90. The Balaban J connectivity index is 2.04. The highest BCUT2D eigenvalue weighted by molar-refractivity contribution is 7.92. The summed E-state index contributed by atoms with van der Waals surface area (Å²) in [6.07, 6.45) is 0. The van der Waals surface area contributed by atoms with E-state index in [1.54, 1.807) is 37.3 Å². The number of benzene rings is 3. The molecule has 0 aliphatic rings. The molecule has 7 nitrogen and oxygen atoms in total. The molecule has 0 radical (unpaired) electrons. The Morgan fingerprint density at radius 1 is 0.800 bits per heavy atom. The quantitative estimate of drug-likeness (QED) is 0.343. The van der Waals surface area contributed by atoms with E-state index in [1.807, 2.05) is 77.9 Å². The van der Waals surface area contributed by atoms with E-state index in [4.69, 9.17) is 0 Å². The van der Waals surface area contributed by atoms with Gasteiger partial charge in [-0.15, -0.1) is 0 Å². The summed E-state index contributed by atoms with van der Waals surface area (Å²) in [6, 6.07) is 19.0. The van der Waals surface area contributed by atoms with E-state index in [0.29, 0.717) is 12.2 Å². The second-order valence-electron chi connectivity index (χ2n) is 10.9. The van der Waals surface area contributed by atoms with Crippen LogP contribution in [-0.2, 0) is 26.2 Å². The molecule has 0 bridgehead atoms. The minimum Gasteiger partial charge on any atom is -0.354 e. The van der Waals surface area contributed by atoms with Gasteiger partial charge in [-0.2, -0.15) is 0 Å². The van der Waals surface area contributed by atoms with Crippen LogP contribution in [0.5, 0.6) is 0 Å². The van der Waals surface area contributed by atoms with E-state index < -0.39 is 28.5 Å². The molecule has 0 aromatic heterocycles. The van der Waals surface area contributed by atoms with Gasteiger partial charge in [0.1, 0.15) is 12.6 Å². The maximum absolute atomic E-state index is 14.0. The summed E-state index contributed by atoms with van der Waals surface area (Å²) in [5, 5.41) is 2.91. The Hall–Kier alpha value is -3.65. The lowest BCUT2D eigenvalue weighted by atomic mass is 10.1. The van der Waals surface area contributed by atoms with Crippen molar-refractivity contribution in [1.82, 2.24) is 10.2 Å². The number of aryl methyl sites for hydroxylation is 4. The number of carbonyl (C=O) groups excluding carboxylic acids is 2. The molecule has 214 valence electrons. The zero-order valence-electron chi connectivity index (χ0n) is 24.6. The van der Waals surface area contributed by atoms with Crippen molar-refractivity contribution < 1.29 is 18.0 Å². The van der Waals surface area contributed by atoms with Gasteiger partial charge in [0.15, 0.2) is 0 Å². The van der Waals surface area contributed by atoms with Crippen LogP contribution in [0.2, 0.25) is 0 Å². The summed E-state index contributed by atoms with van der Waals surface area (Å²) in [5.41, 5.74) is 5.00. The number of amides is 2. The van der Waals surface area contributed by atoms with Gasteiger partial charge in [0.2, 0.25) is 11.8 Å². The minimum absolute atomic E-state index is 0.0960. The number of hydrogen-bond donors (Lipinski definition) is 1. The first-order valence-corrected chi connectivity index (χ1v) is 15.0. The highest BCUT2D eigenvalue weighted by atomic mass is 32.2. The molecule has 0 saturated carbocycles. The summed E-state index contributed by atoms with van der Waals surface area (Å²) in [7, 11) is -4.10. The number of carbonyl (C=O) groups is 2. The summed E-state index contributed by atoms with van der Waals surface area (Å²) in [4.78, 5) is 28.7. The van der Waals surface area contributed by atoms with Gasteiger partial charge in [0.25, 0.3) is 10.0 Å². The maximum Gasteiger partial charge on any atom is 0.264 e. The Bertz CT molecular complexity index is 1430. The zero-order chi connectivity index (χ0) is 29.6. The highest BCUT2D eigenvalue weighted by Crippen LogP contribution is 2.28. The molecule has 0 saturated heterocycles. The second-order valence-corrected chi connectivity index (χ2v) is 12.8. The van der Waals surface area contributed by atoms with Crippen LogP contribution in [0.3, 0.4) is 0 Å². The standard InChI is InChI=1S/C32H41N3O4S/c1-22(2)19-33-32(37)27(7)34(20-28-13-8-23(3)9-14-28)31(36)21-35(30-17-12-25(5)18-26(30)6)40(38,39)29-15-10-24(4)11-16-29/h8-18,22,27H,19-21H2,1-7H3,(H,33,37). The second kappa shape index (κ2) is 13.1. The lowest BCUT2D eigenvalue weighted by Crippen LogP contribution is -2.51. The van der Waals surface area contributed by atoms with Gasteiger partial charge in [-0.3, -0.25) is 13.9 Å². The Morgan fingerprint density at radius 2 is 1.35 bits per heavy atom. The number of rotatable bonds is 11. The van der Waals surface area contributed by atoms with Gasteiger partial charge >= 0.3 is 0 Å². The van der Waals surface area contributed by atoms with Gasteiger partial charge in [0, 0.05) is 13.1 Å². The molecular formula is C32H41N3O4S. The molecule has 0 spiro atoms. The molecule has 40 heavy (non-hydrogen) atoms. The average molecular weight is 564 g/mol. The van der Waals surface area contributed by atoms with E-state index in [0.717, 1.165) is 32.1 Å². The van der Waals surface area contributed by atoms with Gasteiger partial charge in [0.05, 0.1) is 10.6 Å². The molecule has 3 aromatic rings. The van der Waals surface area contributed by atoms with Crippen molar-refractivity contribution in [2.75, 3.05) is 17.4 Å². The Labute approximate surface area is 239 Å². The van der Waals surface area contributed by atoms with Gasteiger partial charge in [-0.25, -0.2) is 8.42 Å². The summed E-state index contributed by atoms with van der Waals surface area (Å²) >= 11 is 0. The van der Waals surface area contributed by atoms with Crippen LogP contribution in [0.1, 0.15) is 48.6 Å². The van der Waals surface area contributed by atoms with E-state index in [1.165, 1.54) is 4.90 Å². The normalized spacial score (nSPS) is 12.2. The van der Waals surface area contributed by atoms with Crippen molar-refractivity contribution in [3.8, 4) is 0 Å². The fourth-order valence-electron chi connectivity index (χ4n) is 4.36. The minimum atomic E-state index is -4.10. The Kier molecular flexibility index (Phi) is 10.1. The molecule has 1 N–H and O–H groups in total. The third-order valence-electron chi connectivity index (χ3n) is 6.83. The van der Waals surface area contributed by atoms with Crippen molar-refractivity contribution in [2.24, 2.45) is 5.92 Å². The highest BCUT2D eigenvalue weighted by Gasteiger charge is 2.33. The van der Waals surface area contributed by atoms with Crippen LogP contribution >= 0.6 is 0 Å². The number of sulfonamides is 1. The van der Waals surface area contributed by atoms with Crippen LogP contribution in [0.15, 0.2) is 71.6 Å². The van der Waals surface area contributed by atoms with Crippen molar-refractivity contribution in [3.63, 3.8) is 0 Å². The lowest BCUT2D eigenvalue weighted by molar-refractivity contribution is -0.139. The first-order chi connectivity index (χ1) is 18.8. The van der Waals surface area contributed by atoms with Crippen LogP contribution in [0.25, 0.3) is 0 Å². The van der Waals surface area contributed by atoms with Crippen LogP contribution in [0, 0.1) is 33.6 Å². The molecule has 8 heteroatoms. The molecule has 3 aromatic carbocycles. The van der Waals surface area contributed by atoms with Gasteiger partial charge < -0.3 is 10.2 Å². The molecule has 0 aliphatic carbocycles. The van der Waals surface area contributed by atoms with Gasteiger partial charge in [-0.05, 0) is 69.9 Å². The fourth-order valence-corrected chi connectivity index (χ4v) is 5.84. The number of hydrogen-bond acceptors (Lipinski definition) is 4. The Morgan fingerprint density at radius 3 is 1.90 bits per heavy atom. The van der Waals surface area contributed by atoms with Crippen LogP contribution in [-0.4, -0.2) is 44.3 Å². The third-order valence-corrected chi connectivity index (χ3v) is 8.61. The first-order valence-electron chi connectivity index (χ1n) is 13.6. The van der Waals surface area contributed by atoms with Crippen molar-refractivity contribution in [2.45, 2.75) is 65.9 Å². The van der Waals surface area contributed by atoms with E-state index in [-0.39, 0.29) is 23.3 Å². The van der Waals surface area contributed by atoms with E-state index in [9.17, 15) is 18.0 Å². The maximum atomic E-state index is 14.0. The summed E-state index contributed by atoms with van der Waals surface area (Å²) < 4.78 is 29.1. The predicted octanol–water partition coefficient (Wildman–Crippen LogP) is 5.31. The number of nitrogens with one attached hydrogen (secondary N) is 1. The molecule has 2 amide bonds. The summed E-state index contributed by atoms with van der Waals surface area (Å²) in [5.74, 6) is -0.505. The molecule has 0 fully saturated rings. The zero-order valence-corrected chi connectivity index (χ0v) is 25.4. The van der Waals surface area contributed by atoms with E-state index >= 15 is 0 Å². The number of nitrogens with zero attached hydrogens (tertiary/aromatic N) is 2. The molecule has 0 heterocycles. The van der Waals surface area contributed by atoms with Crippen molar-refractivity contribution in [3.05, 3.63) is 94.5 Å². The first kappa shape index (κ1) is 30.9. The van der Waals surface area contributed by atoms with Crippen molar-refractivity contribution >= 4 is 27.5 Å². The largest absolute Gasteiger partial charge is 0.354 e. The molecule has 1 unspecified atom stereocenters. The lowest BCUT2D eigenvalue weighted by Gasteiger charge is -2.32. The van der Waals surface area contributed by atoms with Crippen LogP contribution < -0.4 is 9.62 Å².